The molecule has 0 bridgehead atoms. The van der Waals surface area contributed by atoms with Crippen molar-refractivity contribution in [1.82, 2.24) is 4.90 Å². The maximum absolute atomic E-state index is 12.0. The Kier molecular flexibility index (Phi) is 7.75. The van der Waals surface area contributed by atoms with Gasteiger partial charge in [0.15, 0.2) is 0 Å². The van der Waals surface area contributed by atoms with E-state index in [1.54, 1.807) is 24.0 Å². The molecule has 0 aliphatic carbocycles. The lowest BCUT2D eigenvalue weighted by Gasteiger charge is -2.28. The second kappa shape index (κ2) is 7.95. The van der Waals surface area contributed by atoms with Crippen molar-refractivity contribution in [3.05, 3.63) is 33.8 Å². The van der Waals surface area contributed by atoms with Crippen molar-refractivity contribution in [2.75, 3.05) is 0 Å². The van der Waals surface area contributed by atoms with Crippen LogP contribution >= 0.6 is 35.6 Å². The maximum atomic E-state index is 12.0. The van der Waals surface area contributed by atoms with Crippen LogP contribution in [0, 0.1) is 0 Å². The molecule has 19 heavy (non-hydrogen) atoms. The molecular formula is C13H19Cl3N2O. The Hall–Kier alpha value is -0.480. The van der Waals surface area contributed by atoms with Crippen LogP contribution in [0.25, 0.3) is 0 Å². The zero-order valence-electron chi connectivity index (χ0n) is 11.2. The Balaban J connectivity index is 0.00000324. The third-order valence-corrected chi connectivity index (χ3v) is 3.37. The van der Waals surface area contributed by atoms with Crippen molar-refractivity contribution in [2.45, 2.75) is 39.4 Å². The number of nitrogens with zero attached hydrogens (tertiary/aromatic N) is 1. The summed E-state index contributed by atoms with van der Waals surface area (Å²) in [5.41, 5.74) is 6.58. The summed E-state index contributed by atoms with van der Waals surface area (Å²) in [6.07, 6.45) is 0. The second-order valence-corrected chi connectivity index (χ2v) is 5.41. The summed E-state index contributed by atoms with van der Waals surface area (Å²) in [5, 5.41) is 1.00. The number of halogens is 3. The van der Waals surface area contributed by atoms with Crippen LogP contribution in [0.4, 0.5) is 0 Å². The molecule has 0 aliphatic heterocycles. The molecule has 0 saturated heterocycles. The molecule has 0 fully saturated rings. The Bertz CT molecular complexity index is 436. The van der Waals surface area contributed by atoms with Gasteiger partial charge >= 0.3 is 0 Å². The molecule has 0 aliphatic rings. The molecule has 3 nitrogen and oxygen atoms in total. The lowest BCUT2D eigenvalue weighted by molar-refractivity contribution is -0.134. The number of amides is 1. The van der Waals surface area contributed by atoms with Gasteiger partial charge < -0.3 is 10.6 Å². The fraction of sp³-hybridized carbons (Fsp3) is 0.462. The highest BCUT2D eigenvalue weighted by Gasteiger charge is 2.20. The third kappa shape index (κ3) is 5.19. The third-order valence-electron chi connectivity index (χ3n) is 2.63. The number of rotatable bonds is 4. The summed E-state index contributed by atoms with van der Waals surface area (Å²) < 4.78 is 0. The van der Waals surface area contributed by atoms with Gasteiger partial charge in [-0.05, 0) is 38.5 Å². The number of benzene rings is 1. The van der Waals surface area contributed by atoms with Crippen molar-refractivity contribution in [2.24, 2.45) is 5.73 Å². The molecule has 1 aromatic carbocycles. The molecule has 1 atom stereocenters. The van der Waals surface area contributed by atoms with E-state index < -0.39 is 6.04 Å². The van der Waals surface area contributed by atoms with Crippen LogP contribution in [-0.4, -0.2) is 22.9 Å². The number of nitrogens with two attached hydrogens (primary N) is 1. The van der Waals surface area contributed by atoms with Gasteiger partial charge in [0, 0.05) is 12.6 Å². The van der Waals surface area contributed by atoms with Crippen molar-refractivity contribution < 1.29 is 4.79 Å². The number of hydrogen-bond acceptors (Lipinski definition) is 2. The van der Waals surface area contributed by atoms with Gasteiger partial charge in [-0.25, -0.2) is 0 Å². The predicted molar refractivity (Wildman–Crippen MR) is 83.0 cm³/mol. The first-order valence-electron chi connectivity index (χ1n) is 5.83. The Morgan fingerprint density at radius 2 is 1.84 bits per heavy atom. The molecule has 1 rings (SSSR count). The Labute approximate surface area is 130 Å². The monoisotopic (exact) mass is 324 g/mol. The molecule has 0 unspecified atom stereocenters. The van der Waals surface area contributed by atoms with Crippen LogP contribution in [-0.2, 0) is 11.3 Å². The lowest BCUT2D eigenvalue weighted by Crippen LogP contribution is -2.45. The van der Waals surface area contributed by atoms with Crippen molar-refractivity contribution >= 4 is 41.5 Å². The van der Waals surface area contributed by atoms with Crippen LogP contribution < -0.4 is 5.73 Å². The van der Waals surface area contributed by atoms with Gasteiger partial charge in [-0.1, -0.05) is 29.3 Å². The van der Waals surface area contributed by atoms with E-state index >= 15 is 0 Å². The topological polar surface area (TPSA) is 46.3 Å². The van der Waals surface area contributed by atoms with E-state index in [1.165, 1.54) is 0 Å². The van der Waals surface area contributed by atoms with Gasteiger partial charge in [-0.15, -0.1) is 12.4 Å². The Morgan fingerprint density at radius 3 is 2.26 bits per heavy atom. The van der Waals surface area contributed by atoms with Gasteiger partial charge in [0.25, 0.3) is 0 Å². The number of carbonyl (C=O) groups is 1. The average Bonchev–Trinajstić information content (AvgIpc) is 2.29. The molecule has 0 spiro atoms. The van der Waals surface area contributed by atoms with Crippen LogP contribution in [0.1, 0.15) is 26.3 Å². The molecule has 1 aromatic rings. The molecule has 6 heteroatoms. The van der Waals surface area contributed by atoms with Gasteiger partial charge in [0.1, 0.15) is 0 Å². The maximum Gasteiger partial charge on any atom is 0.239 e. The van der Waals surface area contributed by atoms with E-state index in [2.05, 4.69) is 0 Å². The molecule has 0 radical (unpaired) electrons. The Morgan fingerprint density at radius 1 is 1.26 bits per heavy atom. The van der Waals surface area contributed by atoms with Crippen molar-refractivity contribution in [3.63, 3.8) is 0 Å². The fourth-order valence-electron chi connectivity index (χ4n) is 1.61. The van der Waals surface area contributed by atoms with Crippen molar-refractivity contribution in [1.29, 1.82) is 0 Å². The minimum absolute atomic E-state index is 0. The van der Waals surface area contributed by atoms with E-state index in [4.69, 9.17) is 28.9 Å². The van der Waals surface area contributed by atoms with Crippen LogP contribution in [0.15, 0.2) is 18.2 Å². The summed E-state index contributed by atoms with van der Waals surface area (Å²) in [6, 6.07) is 4.94. The summed E-state index contributed by atoms with van der Waals surface area (Å²) in [4.78, 5) is 13.7. The van der Waals surface area contributed by atoms with Crippen LogP contribution in [0.3, 0.4) is 0 Å². The first kappa shape index (κ1) is 18.5. The number of carbonyl (C=O) groups excluding carboxylic acids is 1. The average molecular weight is 326 g/mol. The quantitative estimate of drug-likeness (QED) is 0.921. The SMILES string of the molecule is CC(C)N(Cc1ccc(Cl)c(Cl)c1)C(=O)[C@H](C)N.Cl. The fourth-order valence-corrected chi connectivity index (χ4v) is 1.93. The first-order chi connectivity index (χ1) is 8.32. The van der Waals surface area contributed by atoms with Crippen molar-refractivity contribution in [3.8, 4) is 0 Å². The highest BCUT2D eigenvalue weighted by atomic mass is 35.5. The molecular weight excluding hydrogens is 307 g/mol. The minimum atomic E-state index is -0.504. The highest BCUT2D eigenvalue weighted by Crippen LogP contribution is 2.23. The summed E-state index contributed by atoms with van der Waals surface area (Å²) >= 11 is 11.8. The van der Waals surface area contributed by atoms with E-state index in [1.807, 2.05) is 19.9 Å². The first-order valence-corrected chi connectivity index (χ1v) is 6.58. The van der Waals surface area contributed by atoms with Gasteiger partial charge in [0.2, 0.25) is 5.91 Å². The van der Waals surface area contributed by atoms with E-state index in [9.17, 15) is 4.79 Å². The number of hydrogen-bond donors (Lipinski definition) is 1. The molecule has 0 heterocycles. The molecule has 0 aromatic heterocycles. The van der Waals surface area contributed by atoms with Gasteiger partial charge in [-0.3, -0.25) is 4.79 Å². The van der Waals surface area contributed by atoms with Crippen LogP contribution in [0.5, 0.6) is 0 Å². The zero-order chi connectivity index (χ0) is 13.9. The molecule has 2 N–H and O–H groups in total. The minimum Gasteiger partial charge on any atom is -0.335 e. The largest absolute Gasteiger partial charge is 0.335 e. The van der Waals surface area contributed by atoms with Crippen LogP contribution in [0.2, 0.25) is 10.0 Å². The van der Waals surface area contributed by atoms with E-state index in [0.717, 1.165) is 5.56 Å². The van der Waals surface area contributed by atoms with E-state index in [0.29, 0.717) is 16.6 Å². The smallest absolute Gasteiger partial charge is 0.239 e. The highest BCUT2D eigenvalue weighted by molar-refractivity contribution is 6.42. The normalized spacial score (nSPS) is 11.9. The lowest BCUT2D eigenvalue weighted by atomic mass is 10.1. The second-order valence-electron chi connectivity index (χ2n) is 4.60. The van der Waals surface area contributed by atoms with Gasteiger partial charge in [0.05, 0.1) is 16.1 Å². The molecule has 0 saturated carbocycles. The summed E-state index contributed by atoms with van der Waals surface area (Å²) in [6.45, 7) is 6.08. The molecule has 108 valence electrons. The standard InChI is InChI=1S/C13H18Cl2N2O.ClH/c1-8(2)17(13(18)9(3)16)7-10-4-5-11(14)12(15)6-10;/h4-6,8-9H,7,16H2,1-3H3;1H/t9-;/m0./s1. The summed E-state index contributed by atoms with van der Waals surface area (Å²) in [7, 11) is 0. The predicted octanol–water partition coefficient (Wildman–Crippen LogP) is 3.50. The summed E-state index contributed by atoms with van der Waals surface area (Å²) in [5.74, 6) is -0.0731. The van der Waals surface area contributed by atoms with Gasteiger partial charge in [-0.2, -0.15) is 0 Å². The zero-order valence-corrected chi connectivity index (χ0v) is 13.5. The van der Waals surface area contributed by atoms with E-state index in [-0.39, 0.29) is 24.4 Å². The molecule has 1 amide bonds.